The summed E-state index contributed by atoms with van der Waals surface area (Å²) in [6.45, 7) is 4.59. The minimum absolute atomic E-state index is 0.0789. The molecule has 2 aliphatic heterocycles. The SMILES string of the molecule is C=CCN1CC(=O)N2C(Cc3ccc(O)cc3)C(=O)N(Cc3cccnc3-c3cccc(OC)c3)C[C@@H]2N1C(=O)NCc1ccccc1. The zero-order valence-electron chi connectivity index (χ0n) is 26.7. The second kappa shape index (κ2) is 14.4. The van der Waals surface area contributed by atoms with Crippen LogP contribution in [0.3, 0.4) is 0 Å². The van der Waals surface area contributed by atoms with Gasteiger partial charge in [-0.1, -0.05) is 66.7 Å². The number of methoxy groups -OCH3 is 1. The van der Waals surface area contributed by atoms with Crippen LogP contribution < -0.4 is 10.1 Å². The topological polar surface area (TPSA) is 119 Å². The van der Waals surface area contributed by atoms with Crippen molar-refractivity contribution < 1.29 is 24.2 Å². The van der Waals surface area contributed by atoms with Crippen molar-refractivity contribution in [2.24, 2.45) is 0 Å². The van der Waals surface area contributed by atoms with Crippen LogP contribution in [0.15, 0.2) is 110 Å². The highest BCUT2D eigenvalue weighted by Gasteiger charge is 2.51. The number of nitrogens with one attached hydrogen (secondary N) is 1. The molecule has 4 amide bonds. The number of pyridine rings is 1. The van der Waals surface area contributed by atoms with Crippen molar-refractivity contribution in [2.75, 3.05) is 26.7 Å². The molecule has 3 heterocycles. The van der Waals surface area contributed by atoms with Crippen LogP contribution in [0.2, 0.25) is 0 Å². The number of aromatic nitrogens is 1. The van der Waals surface area contributed by atoms with E-state index in [1.165, 1.54) is 0 Å². The quantitative estimate of drug-likeness (QED) is 0.248. The zero-order chi connectivity index (χ0) is 33.6. The summed E-state index contributed by atoms with van der Waals surface area (Å²) >= 11 is 0. The lowest BCUT2D eigenvalue weighted by Gasteiger charge is -2.55. The Balaban J connectivity index is 1.37. The molecule has 0 spiro atoms. The predicted octanol–water partition coefficient (Wildman–Crippen LogP) is 4.20. The molecule has 0 bridgehead atoms. The van der Waals surface area contributed by atoms with E-state index in [0.717, 1.165) is 22.3 Å². The van der Waals surface area contributed by atoms with Gasteiger partial charge < -0.3 is 25.0 Å². The molecule has 2 atom stereocenters. The molecule has 4 aromatic rings. The second-order valence-corrected chi connectivity index (χ2v) is 11.8. The number of ether oxygens (including phenoxy) is 1. The third-order valence-electron chi connectivity index (χ3n) is 8.63. The highest BCUT2D eigenvalue weighted by molar-refractivity contribution is 5.92. The number of carbonyl (C=O) groups is 3. The average Bonchev–Trinajstić information content (AvgIpc) is 3.10. The van der Waals surface area contributed by atoms with Gasteiger partial charge in [-0.2, -0.15) is 0 Å². The number of hydrogen-bond acceptors (Lipinski definition) is 7. The average molecular weight is 647 g/mol. The molecule has 11 nitrogen and oxygen atoms in total. The Morgan fingerprint density at radius 2 is 1.81 bits per heavy atom. The van der Waals surface area contributed by atoms with Crippen LogP contribution in [0.5, 0.6) is 11.5 Å². The predicted molar refractivity (Wildman–Crippen MR) is 180 cm³/mol. The molecule has 3 aromatic carbocycles. The Bertz CT molecular complexity index is 1780. The number of hydrazine groups is 1. The van der Waals surface area contributed by atoms with E-state index in [-0.39, 0.29) is 62.7 Å². The van der Waals surface area contributed by atoms with E-state index in [4.69, 9.17) is 4.74 Å². The molecule has 0 radical (unpaired) electrons. The lowest BCUT2D eigenvalue weighted by molar-refractivity contribution is -0.189. The molecular weight excluding hydrogens is 608 g/mol. The van der Waals surface area contributed by atoms with Gasteiger partial charge in [0.25, 0.3) is 0 Å². The zero-order valence-corrected chi connectivity index (χ0v) is 26.7. The van der Waals surface area contributed by atoms with Gasteiger partial charge in [-0.3, -0.25) is 14.6 Å². The highest BCUT2D eigenvalue weighted by Crippen LogP contribution is 2.32. The first-order chi connectivity index (χ1) is 23.4. The monoisotopic (exact) mass is 646 g/mol. The van der Waals surface area contributed by atoms with Crippen molar-refractivity contribution in [1.82, 2.24) is 30.1 Å². The number of carbonyl (C=O) groups excluding carboxylic acids is 3. The van der Waals surface area contributed by atoms with Gasteiger partial charge in [-0.25, -0.2) is 14.8 Å². The van der Waals surface area contributed by atoms with E-state index >= 15 is 0 Å². The van der Waals surface area contributed by atoms with Crippen molar-refractivity contribution in [2.45, 2.75) is 31.7 Å². The molecule has 2 saturated heterocycles. The van der Waals surface area contributed by atoms with E-state index in [1.807, 2.05) is 66.7 Å². The molecule has 246 valence electrons. The number of benzene rings is 3. The highest BCUT2D eigenvalue weighted by atomic mass is 16.5. The number of fused-ring (bicyclic) bond motifs is 1. The summed E-state index contributed by atoms with van der Waals surface area (Å²) in [6.07, 6.45) is 2.76. The second-order valence-electron chi connectivity index (χ2n) is 11.8. The van der Waals surface area contributed by atoms with Gasteiger partial charge in [-0.15, -0.1) is 6.58 Å². The lowest BCUT2D eigenvalue weighted by Crippen LogP contribution is -2.76. The van der Waals surface area contributed by atoms with Gasteiger partial charge in [0, 0.05) is 37.8 Å². The largest absolute Gasteiger partial charge is 0.508 e. The number of phenols is 1. The molecule has 1 aromatic heterocycles. The molecule has 6 rings (SSSR count). The summed E-state index contributed by atoms with van der Waals surface area (Å²) in [7, 11) is 1.60. The summed E-state index contributed by atoms with van der Waals surface area (Å²) in [5.74, 6) is 0.285. The minimum Gasteiger partial charge on any atom is -0.508 e. The van der Waals surface area contributed by atoms with Crippen molar-refractivity contribution >= 4 is 17.8 Å². The van der Waals surface area contributed by atoms with Crippen molar-refractivity contribution in [1.29, 1.82) is 0 Å². The molecule has 1 unspecified atom stereocenters. The maximum atomic E-state index is 14.4. The van der Waals surface area contributed by atoms with Crippen LogP contribution in [0.1, 0.15) is 16.7 Å². The standard InChI is InChI=1S/C37H38N6O5/c1-3-19-41-25-34(45)42-32(20-26-14-16-30(44)17-15-26)36(46)40(24-33(42)43(41)37(47)39-22-27-9-5-4-6-10-27)23-29-12-8-18-38-35(29)28-11-7-13-31(21-28)48-2/h3-18,21,32-33,44H,1,19-20,22-25H2,2H3,(H,39,47)/t32?,33-/m0/s1. The van der Waals surface area contributed by atoms with Gasteiger partial charge in [0.05, 0.1) is 25.9 Å². The Labute approximate surface area is 279 Å². The minimum atomic E-state index is -0.895. The van der Waals surface area contributed by atoms with Gasteiger partial charge in [0.2, 0.25) is 11.8 Å². The van der Waals surface area contributed by atoms with Crippen LogP contribution in [-0.4, -0.2) is 86.7 Å². The number of phenolic OH excluding ortho intramolecular Hbond substituents is 1. The van der Waals surface area contributed by atoms with Gasteiger partial charge in [0.1, 0.15) is 23.7 Å². The molecule has 2 aliphatic rings. The normalized spacial score (nSPS) is 18.0. The summed E-state index contributed by atoms with van der Waals surface area (Å²) in [4.78, 5) is 50.3. The Morgan fingerprint density at radius 1 is 1.02 bits per heavy atom. The maximum Gasteiger partial charge on any atom is 0.334 e. The van der Waals surface area contributed by atoms with Crippen LogP contribution in [0, 0.1) is 0 Å². The summed E-state index contributed by atoms with van der Waals surface area (Å²) in [5.41, 5.74) is 4.04. The Hall–Kier alpha value is -5.68. The number of piperazine rings is 1. The number of rotatable bonds is 10. The lowest BCUT2D eigenvalue weighted by atomic mass is 9.97. The number of urea groups is 1. The maximum absolute atomic E-state index is 14.4. The number of nitrogens with zero attached hydrogens (tertiary/aromatic N) is 5. The van der Waals surface area contributed by atoms with Crippen LogP contribution >= 0.6 is 0 Å². The third kappa shape index (κ3) is 6.86. The number of aromatic hydroxyl groups is 1. The Kier molecular flexibility index (Phi) is 9.67. The van der Waals surface area contributed by atoms with Gasteiger partial charge in [0.15, 0.2) is 0 Å². The summed E-state index contributed by atoms with van der Waals surface area (Å²) in [5, 5.41) is 16.1. The summed E-state index contributed by atoms with van der Waals surface area (Å²) < 4.78 is 5.44. The Morgan fingerprint density at radius 3 is 2.56 bits per heavy atom. The first kappa shape index (κ1) is 32.3. The van der Waals surface area contributed by atoms with Crippen molar-refractivity contribution in [3.8, 4) is 22.8 Å². The number of hydrogen-bond donors (Lipinski definition) is 2. The van der Waals surface area contributed by atoms with E-state index < -0.39 is 12.2 Å². The van der Waals surface area contributed by atoms with Crippen LogP contribution in [-0.2, 0) is 29.1 Å². The molecule has 0 saturated carbocycles. The van der Waals surface area contributed by atoms with E-state index in [0.29, 0.717) is 11.4 Å². The van der Waals surface area contributed by atoms with Crippen LogP contribution in [0.25, 0.3) is 11.3 Å². The first-order valence-corrected chi connectivity index (χ1v) is 15.8. The van der Waals surface area contributed by atoms with E-state index in [1.54, 1.807) is 63.5 Å². The molecule has 2 fully saturated rings. The molecular formula is C37H38N6O5. The molecule has 48 heavy (non-hydrogen) atoms. The third-order valence-corrected chi connectivity index (χ3v) is 8.63. The first-order valence-electron chi connectivity index (χ1n) is 15.8. The molecule has 0 aliphatic carbocycles. The molecule has 2 N–H and O–H groups in total. The van der Waals surface area contributed by atoms with E-state index in [2.05, 4.69) is 16.9 Å². The van der Waals surface area contributed by atoms with E-state index in [9.17, 15) is 19.5 Å². The summed E-state index contributed by atoms with van der Waals surface area (Å²) in [6, 6.07) is 26.2. The van der Waals surface area contributed by atoms with Gasteiger partial charge >= 0.3 is 6.03 Å². The molecule has 11 heteroatoms. The van der Waals surface area contributed by atoms with Crippen molar-refractivity contribution in [3.63, 3.8) is 0 Å². The van der Waals surface area contributed by atoms with Gasteiger partial charge in [-0.05, 0) is 47.0 Å². The fourth-order valence-electron chi connectivity index (χ4n) is 6.36. The smallest absolute Gasteiger partial charge is 0.334 e. The van der Waals surface area contributed by atoms with Crippen LogP contribution in [0.4, 0.5) is 4.79 Å². The fourth-order valence-corrected chi connectivity index (χ4v) is 6.36. The number of amides is 4. The van der Waals surface area contributed by atoms with Crippen molar-refractivity contribution in [3.05, 3.63) is 127 Å². The fraction of sp³-hybridized carbons (Fsp3) is 0.243.